The normalized spacial score (nSPS) is 11.7. The van der Waals surface area contributed by atoms with Crippen LogP contribution in [0.5, 0.6) is 0 Å². The molecule has 3 heterocycles. The van der Waals surface area contributed by atoms with E-state index in [4.69, 9.17) is 13.3 Å². The third-order valence-electron chi connectivity index (χ3n) is 26.6. The second-order valence-electron chi connectivity index (χ2n) is 33.8. The highest BCUT2D eigenvalue weighted by Crippen LogP contribution is 2.50. The van der Waals surface area contributed by atoms with Gasteiger partial charge in [-0.1, -0.05) is 419 Å². The number of hydrogen-bond acceptors (Lipinski definition) is 3. The molecule has 129 heavy (non-hydrogen) atoms. The minimum Gasteiger partial charge on any atom is -0.456 e. The topological polar surface area (TPSA) is 39.4 Å². The van der Waals surface area contributed by atoms with Gasteiger partial charge in [-0.15, -0.1) is 0 Å². The van der Waals surface area contributed by atoms with E-state index in [1.54, 1.807) is 0 Å². The highest BCUT2D eigenvalue weighted by atomic mass is 16.3. The van der Waals surface area contributed by atoms with Crippen LogP contribution in [0.25, 0.3) is 263 Å². The van der Waals surface area contributed by atoms with Crippen molar-refractivity contribution in [3.8, 4) is 100 Å². The lowest BCUT2D eigenvalue weighted by molar-refractivity contribution is 0.668. The van der Waals surface area contributed by atoms with Crippen LogP contribution in [-0.4, -0.2) is 0 Å². The van der Waals surface area contributed by atoms with Gasteiger partial charge in [0.25, 0.3) is 0 Å². The van der Waals surface area contributed by atoms with Crippen molar-refractivity contribution in [2.75, 3.05) is 0 Å². The zero-order valence-electron chi connectivity index (χ0n) is 70.3. The molecule has 0 radical (unpaired) electrons. The van der Waals surface area contributed by atoms with Crippen molar-refractivity contribution in [2.45, 2.75) is 0 Å². The molecule has 24 aromatic carbocycles. The van der Waals surface area contributed by atoms with E-state index in [1.165, 1.54) is 186 Å². The van der Waals surface area contributed by atoms with Crippen LogP contribution in [0.3, 0.4) is 0 Å². The van der Waals surface area contributed by atoms with Crippen molar-refractivity contribution in [1.29, 1.82) is 0 Å². The molecule has 0 saturated heterocycles. The molecule has 0 fully saturated rings. The largest absolute Gasteiger partial charge is 0.456 e. The van der Waals surface area contributed by atoms with Gasteiger partial charge in [-0.25, -0.2) is 0 Å². The van der Waals surface area contributed by atoms with Gasteiger partial charge in [-0.2, -0.15) is 0 Å². The number of furan rings is 3. The van der Waals surface area contributed by atoms with Crippen LogP contribution in [0.2, 0.25) is 0 Å². The predicted octanol–water partition coefficient (Wildman–Crippen LogP) is 36.1. The Morgan fingerprint density at radius 3 is 0.767 bits per heavy atom. The predicted molar refractivity (Wildman–Crippen MR) is 548 cm³/mol. The summed E-state index contributed by atoms with van der Waals surface area (Å²) in [5, 5.41) is 29.7. The molecule has 27 rings (SSSR count). The van der Waals surface area contributed by atoms with Gasteiger partial charge in [-0.3, -0.25) is 0 Å². The van der Waals surface area contributed by atoms with Crippen LogP contribution in [0.15, 0.2) is 486 Å². The molecule has 0 aliphatic heterocycles. The summed E-state index contributed by atoms with van der Waals surface area (Å²) in [5.74, 6) is 0. The first-order chi connectivity index (χ1) is 64.0. The molecule has 3 heteroatoms. The molecule has 0 N–H and O–H groups in total. The number of rotatable bonds is 9. The van der Waals surface area contributed by atoms with E-state index in [-0.39, 0.29) is 0 Å². The Labute approximate surface area is 744 Å². The van der Waals surface area contributed by atoms with Crippen molar-refractivity contribution in [3.05, 3.63) is 473 Å². The number of para-hydroxylation sites is 4. The molecular formula is C126H78O3. The average Bonchev–Trinajstić information content (AvgIpc) is 1.72. The number of benzene rings is 24. The number of fused-ring (bicyclic) bond motifs is 18. The molecule has 0 aliphatic rings. The molecule has 600 valence electrons. The van der Waals surface area contributed by atoms with Gasteiger partial charge in [0.15, 0.2) is 0 Å². The van der Waals surface area contributed by atoms with E-state index in [9.17, 15) is 0 Å². The Hall–Kier alpha value is -17.0. The van der Waals surface area contributed by atoms with E-state index < -0.39 is 0 Å². The molecule has 3 nitrogen and oxygen atoms in total. The fraction of sp³-hybridized carbons (Fsp3) is 0. The molecule has 3 aromatic heterocycles. The maximum absolute atomic E-state index is 6.35. The van der Waals surface area contributed by atoms with Crippen LogP contribution in [0.1, 0.15) is 0 Å². The van der Waals surface area contributed by atoms with Gasteiger partial charge in [0.2, 0.25) is 0 Å². The van der Waals surface area contributed by atoms with Gasteiger partial charge >= 0.3 is 0 Å². The lowest BCUT2D eigenvalue weighted by Crippen LogP contribution is -1.91. The summed E-state index contributed by atoms with van der Waals surface area (Å²) in [5.41, 5.74) is 27.5. The molecule has 0 amide bonds. The van der Waals surface area contributed by atoms with Gasteiger partial charge in [0.05, 0.1) is 0 Å². The maximum atomic E-state index is 6.35. The molecule has 0 atom stereocenters. The number of hydrogen-bond donors (Lipinski definition) is 0. The lowest BCUT2D eigenvalue weighted by atomic mass is 9.85. The van der Waals surface area contributed by atoms with Crippen LogP contribution >= 0.6 is 0 Å². The van der Waals surface area contributed by atoms with Crippen molar-refractivity contribution >= 4 is 163 Å². The summed E-state index contributed by atoms with van der Waals surface area (Å²) in [4.78, 5) is 0. The molecule has 0 saturated carbocycles. The summed E-state index contributed by atoms with van der Waals surface area (Å²) >= 11 is 0. The SMILES string of the molecule is c1ccc2cc(-c3c4ccccc4c(-c4ccc(-c5ccc6c(c5)oc5ccccc56)cc4)c4ccccc34)ccc2c1.c1ccc2cc(-c3c4ccccc4c(-c4ccc(-c5cccc6c5oc5ccccc56)cc4)c4ccccc34)ccc2c1.c1ccc2cc(-c3c4ccccc4c(-c4ccc(-c5cccc6oc7ccccc7c56)cc4)c4ccccc34)ccc2c1. The highest BCUT2D eigenvalue weighted by molar-refractivity contribution is 6.26. The zero-order valence-corrected chi connectivity index (χ0v) is 70.3. The van der Waals surface area contributed by atoms with Crippen LogP contribution in [0, 0.1) is 0 Å². The van der Waals surface area contributed by atoms with Crippen molar-refractivity contribution < 1.29 is 13.3 Å². The first-order valence-electron chi connectivity index (χ1n) is 44.3. The summed E-state index contributed by atoms with van der Waals surface area (Å²) in [6.45, 7) is 0. The van der Waals surface area contributed by atoms with E-state index in [2.05, 4.69) is 437 Å². The second kappa shape index (κ2) is 31.1. The van der Waals surface area contributed by atoms with Crippen molar-refractivity contribution in [2.24, 2.45) is 0 Å². The van der Waals surface area contributed by atoms with Gasteiger partial charge in [-0.05, 0) is 246 Å². The molecule has 27 aromatic rings. The van der Waals surface area contributed by atoms with Gasteiger partial charge in [0, 0.05) is 37.9 Å². The van der Waals surface area contributed by atoms with E-state index in [1.807, 2.05) is 36.4 Å². The Morgan fingerprint density at radius 1 is 0.116 bits per heavy atom. The summed E-state index contributed by atoms with van der Waals surface area (Å²) < 4.78 is 18.7. The molecule has 0 spiro atoms. The van der Waals surface area contributed by atoms with Gasteiger partial charge in [0.1, 0.15) is 33.5 Å². The first-order valence-corrected chi connectivity index (χ1v) is 44.3. The zero-order chi connectivity index (χ0) is 85.0. The molecule has 0 bridgehead atoms. The third kappa shape index (κ3) is 12.8. The van der Waals surface area contributed by atoms with Crippen LogP contribution < -0.4 is 0 Å². The van der Waals surface area contributed by atoms with E-state index in [0.29, 0.717) is 0 Å². The van der Waals surface area contributed by atoms with E-state index >= 15 is 0 Å². The molecule has 0 unspecified atom stereocenters. The van der Waals surface area contributed by atoms with Crippen LogP contribution in [-0.2, 0) is 0 Å². The third-order valence-corrected chi connectivity index (χ3v) is 26.6. The quantitative estimate of drug-likeness (QED) is 0.135. The Bertz CT molecular complexity index is 9000. The van der Waals surface area contributed by atoms with E-state index in [0.717, 1.165) is 77.1 Å². The standard InChI is InChI=1S/3C42H26O/c1-2-11-30-26-31(25-20-27(30)10-1)41-36-15-5-3-13-34(36)40(35-14-4-6-16-37(35)41)29-23-21-28(22-24-29)32-17-9-18-38-33-12-7-8-19-39(33)43-42(32)38;1-2-11-30-26-31(25-20-27(30)10-1)41-35-14-5-3-12-33(35)40(34-13-4-6-15-36(34)41)29-23-21-28(22-24-29)32-17-9-19-39-42(32)37-16-7-8-18-38(37)43-39;1-2-10-30-25-32(22-19-27(30)9-1)42-37-14-5-3-12-35(37)41(36-13-4-6-15-38(36)42)29-20-17-28(18-21-29)31-23-24-34-33-11-7-8-16-39(33)43-40(34)26-31/h3*1-26H. The summed E-state index contributed by atoms with van der Waals surface area (Å²) in [6, 6.07) is 171. The molecular weight excluding hydrogens is 1560 g/mol. The summed E-state index contributed by atoms with van der Waals surface area (Å²) in [7, 11) is 0. The van der Waals surface area contributed by atoms with Crippen LogP contribution in [0.4, 0.5) is 0 Å². The first kappa shape index (κ1) is 74.6. The fourth-order valence-electron chi connectivity index (χ4n) is 20.6. The smallest absolute Gasteiger partial charge is 0.143 e. The Kier molecular flexibility index (Phi) is 18.0. The van der Waals surface area contributed by atoms with Crippen molar-refractivity contribution in [1.82, 2.24) is 0 Å². The maximum Gasteiger partial charge on any atom is 0.143 e. The van der Waals surface area contributed by atoms with Crippen molar-refractivity contribution in [3.63, 3.8) is 0 Å². The molecule has 0 aliphatic carbocycles. The lowest BCUT2D eigenvalue weighted by Gasteiger charge is -2.18. The minimum atomic E-state index is 0.920. The monoisotopic (exact) mass is 1640 g/mol. The highest BCUT2D eigenvalue weighted by Gasteiger charge is 2.24. The minimum absolute atomic E-state index is 0.920. The average molecular weight is 1640 g/mol. The van der Waals surface area contributed by atoms with Gasteiger partial charge < -0.3 is 13.3 Å². The second-order valence-corrected chi connectivity index (χ2v) is 33.8. The summed E-state index contributed by atoms with van der Waals surface area (Å²) in [6.07, 6.45) is 0. The Morgan fingerprint density at radius 2 is 0.364 bits per heavy atom. The fourth-order valence-corrected chi connectivity index (χ4v) is 20.6. The Balaban J connectivity index is 0.000000105.